The Balaban J connectivity index is 1.99. The summed E-state index contributed by atoms with van der Waals surface area (Å²) in [6.07, 6.45) is -5.37. The molecule has 7 nitrogen and oxygen atoms in total. The number of nitrogens with zero attached hydrogens (tertiary/aromatic N) is 1. The molecule has 2 N–H and O–H groups in total. The normalized spacial score (nSPS) is 19.1. The smallest absolute Gasteiger partial charge is 0.440 e. The molecule has 0 aromatic heterocycles. The SMILES string of the molecule is COc1cccc(C(=O)N[C@@]2(C(F)(F)F)NC(=O)N(c3ccc(F)cc3)C2=O)c1. The van der Waals surface area contributed by atoms with Crippen LogP contribution in [-0.4, -0.2) is 36.8 Å². The van der Waals surface area contributed by atoms with E-state index in [1.165, 1.54) is 36.7 Å². The molecular formula is C18H13F4N3O4. The molecule has 0 saturated carbocycles. The van der Waals surface area contributed by atoms with Crippen molar-refractivity contribution in [1.29, 1.82) is 0 Å². The molecule has 1 atom stereocenters. The second kappa shape index (κ2) is 7.08. The number of alkyl halides is 3. The number of urea groups is 1. The van der Waals surface area contributed by atoms with Crippen molar-refractivity contribution in [3.63, 3.8) is 0 Å². The number of halogens is 4. The fourth-order valence-corrected chi connectivity index (χ4v) is 2.71. The van der Waals surface area contributed by atoms with E-state index in [4.69, 9.17) is 4.74 Å². The molecule has 0 unspecified atom stereocenters. The minimum Gasteiger partial charge on any atom is -0.497 e. The number of hydrogen-bond donors (Lipinski definition) is 2. The molecule has 0 aliphatic carbocycles. The van der Waals surface area contributed by atoms with Gasteiger partial charge in [0.05, 0.1) is 12.8 Å². The van der Waals surface area contributed by atoms with Crippen LogP contribution in [0.25, 0.3) is 0 Å². The van der Waals surface area contributed by atoms with Gasteiger partial charge in [-0.25, -0.2) is 14.1 Å². The van der Waals surface area contributed by atoms with Crippen molar-refractivity contribution >= 4 is 23.5 Å². The van der Waals surface area contributed by atoms with Gasteiger partial charge < -0.3 is 10.1 Å². The maximum absolute atomic E-state index is 13.9. The molecule has 1 fully saturated rings. The number of nitrogens with one attached hydrogen (secondary N) is 2. The molecule has 29 heavy (non-hydrogen) atoms. The lowest BCUT2D eigenvalue weighted by atomic mass is 10.1. The molecule has 2 aromatic carbocycles. The van der Waals surface area contributed by atoms with Gasteiger partial charge in [-0.15, -0.1) is 0 Å². The fourth-order valence-electron chi connectivity index (χ4n) is 2.71. The summed E-state index contributed by atoms with van der Waals surface area (Å²) < 4.78 is 59.6. The van der Waals surface area contributed by atoms with Crippen molar-refractivity contribution in [3.05, 3.63) is 59.9 Å². The Morgan fingerprint density at radius 3 is 2.38 bits per heavy atom. The summed E-state index contributed by atoms with van der Waals surface area (Å²) in [7, 11) is 1.30. The van der Waals surface area contributed by atoms with Gasteiger partial charge in [0, 0.05) is 5.56 Å². The third-order valence-electron chi connectivity index (χ3n) is 4.16. The second-order valence-electron chi connectivity index (χ2n) is 5.98. The van der Waals surface area contributed by atoms with Gasteiger partial charge in [-0.3, -0.25) is 14.9 Å². The zero-order valence-electron chi connectivity index (χ0n) is 14.7. The highest BCUT2D eigenvalue weighted by Crippen LogP contribution is 2.36. The molecule has 0 radical (unpaired) electrons. The highest BCUT2D eigenvalue weighted by atomic mass is 19.4. The van der Waals surface area contributed by atoms with Crippen LogP contribution in [0.1, 0.15) is 10.4 Å². The van der Waals surface area contributed by atoms with Crippen molar-refractivity contribution < 1.29 is 36.7 Å². The Labute approximate surface area is 161 Å². The quantitative estimate of drug-likeness (QED) is 0.598. The molecule has 1 saturated heterocycles. The summed E-state index contributed by atoms with van der Waals surface area (Å²) in [5, 5.41) is 3.08. The Kier molecular flexibility index (Phi) is 4.91. The van der Waals surface area contributed by atoms with Gasteiger partial charge in [-0.05, 0) is 42.5 Å². The maximum atomic E-state index is 13.9. The lowest BCUT2D eigenvalue weighted by molar-refractivity contribution is -0.197. The van der Waals surface area contributed by atoms with Crippen molar-refractivity contribution in [2.45, 2.75) is 11.8 Å². The molecule has 1 aliphatic heterocycles. The van der Waals surface area contributed by atoms with E-state index in [1.54, 1.807) is 5.32 Å². The first-order valence-corrected chi connectivity index (χ1v) is 8.04. The van der Waals surface area contributed by atoms with E-state index in [0.29, 0.717) is 0 Å². The second-order valence-corrected chi connectivity index (χ2v) is 5.98. The Morgan fingerprint density at radius 1 is 1.14 bits per heavy atom. The first-order chi connectivity index (χ1) is 13.6. The van der Waals surface area contributed by atoms with Crippen LogP contribution in [0.15, 0.2) is 48.5 Å². The van der Waals surface area contributed by atoms with Crippen molar-refractivity contribution in [2.75, 3.05) is 12.0 Å². The van der Waals surface area contributed by atoms with E-state index >= 15 is 0 Å². The van der Waals surface area contributed by atoms with E-state index in [1.807, 2.05) is 0 Å². The number of hydrogen-bond acceptors (Lipinski definition) is 4. The Hall–Kier alpha value is -3.63. The van der Waals surface area contributed by atoms with Gasteiger partial charge in [0.2, 0.25) is 0 Å². The molecule has 2 aromatic rings. The number of carbonyl (C=O) groups is 3. The fraction of sp³-hybridized carbons (Fsp3) is 0.167. The van der Waals surface area contributed by atoms with E-state index in [9.17, 15) is 31.9 Å². The number of ether oxygens (including phenoxy) is 1. The van der Waals surface area contributed by atoms with Crippen LogP contribution in [0.4, 0.5) is 28.0 Å². The number of carbonyl (C=O) groups excluding carboxylic acids is 3. The molecule has 4 amide bonds. The molecule has 1 heterocycles. The molecule has 3 rings (SSSR count). The summed E-state index contributed by atoms with van der Waals surface area (Å²) in [6.45, 7) is 0. The van der Waals surface area contributed by atoms with Crippen LogP contribution in [-0.2, 0) is 4.79 Å². The molecule has 0 bridgehead atoms. The van der Waals surface area contributed by atoms with Crippen LogP contribution < -0.4 is 20.3 Å². The minimum absolute atomic E-state index is 0.179. The topological polar surface area (TPSA) is 87.7 Å². The minimum atomic E-state index is -5.37. The number of rotatable bonds is 4. The highest BCUT2D eigenvalue weighted by Gasteiger charge is 2.69. The summed E-state index contributed by atoms with van der Waals surface area (Å²) in [6, 6.07) is 7.45. The third kappa shape index (κ3) is 3.46. The highest BCUT2D eigenvalue weighted by molar-refractivity contribution is 6.24. The van der Waals surface area contributed by atoms with Gasteiger partial charge in [-0.2, -0.15) is 13.2 Å². The van der Waals surface area contributed by atoms with Crippen LogP contribution in [0.3, 0.4) is 0 Å². The molecular weight excluding hydrogens is 398 g/mol. The van der Waals surface area contributed by atoms with Crippen molar-refractivity contribution in [1.82, 2.24) is 10.6 Å². The van der Waals surface area contributed by atoms with Crippen LogP contribution in [0.5, 0.6) is 5.75 Å². The Morgan fingerprint density at radius 2 is 1.79 bits per heavy atom. The maximum Gasteiger partial charge on any atom is 0.440 e. The summed E-state index contributed by atoms with van der Waals surface area (Å²) >= 11 is 0. The zero-order valence-corrected chi connectivity index (χ0v) is 14.7. The van der Waals surface area contributed by atoms with Gasteiger partial charge >= 0.3 is 12.2 Å². The van der Waals surface area contributed by atoms with E-state index < -0.39 is 35.5 Å². The summed E-state index contributed by atoms with van der Waals surface area (Å²) in [5.74, 6) is -3.56. The average Bonchev–Trinajstić information content (AvgIpc) is 2.93. The van der Waals surface area contributed by atoms with E-state index in [0.717, 1.165) is 24.3 Å². The number of methoxy groups -OCH3 is 1. The number of amides is 4. The first-order valence-electron chi connectivity index (χ1n) is 8.04. The lowest BCUT2D eigenvalue weighted by Gasteiger charge is -2.29. The third-order valence-corrected chi connectivity index (χ3v) is 4.16. The van der Waals surface area contributed by atoms with Crippen molar-refractivity contribution in [2.24, 2.45) is 0 Å². The van der Waals surface area contributed by atoms with Gasteiger partial charge in [-0.1, -0.05) is 6.07 Å². The Bertz CT molecular complexity index is 978. The predicted molar refractivity (Wildman–Crippen MR) is 91.7 cm³/mol. The lowest BCUT2D eigenvalue weighted by Crippen LogP contribution is -2.69. The predicted octanol–water partition coefficient (Wildman–Crippen LogP) is 2.58. The average molecular weight is 411 g/mol. The standard InChI is InChI=1S/C18H13F4N3O4/c1-29-13-4-2-3-10(9-13)14(26)23-17(18(20,21)22)15(27)25(16(28)24-17)12-7-5-11(19)6-8-12/h2-9H,1H3,(H,23,26)(H,24,28)/t17-/m1/s1. The van der Waals surface area contributed by atoms with E-state index in [2.05, 4.69) is 0 Å². The largest absolute Gasteiger partial charge is 0.497 e. The van der Waals surface area contributed by atoms with Gasteiger partial charge in [0.1, 0.15) is 11.6 Å². The monoisotopic (exact) mass is 411 g/mol. The number of benzene rings is 2. The van der Waals surface area contributed by atoms with Crippen molar-refractivity contribution in [3.8, 4) is 5.75 Å². The molecule has 11 heteroatoms. The molecule has 0 spiro atoms. The number of imide groups is 1. The van der Waals surface area contributed by atoms with E-state index in [-0.39, 0.29) is 21.9 Å². The van der Waals surface area contributed by atoms with Crippen LogP contribution in [0, 0.1) is 5.82 Å². The van der Waals surface area contributed by atoms with Crippen LogP contribution in [0.2, 0.25) is 0 Å². The summed E-state index contributed by atoms with van der Waals surface area (Å²) in [5.41, 5.74) is -4.22. The number of anilines is 1. The summed E-state index contributed by atoms with van der Waals surface area (Å²) in [4.78, 5) is 37.4. The molecule has 1 aliphatic rings. The van der Waals surface area contributed by atoms with Crippen LogP contribution >= 0.6 is 0 Å². The zero-order chi connectivity index (χ0) is 21.4. The van der Waals surface area contributed by atoms with Gasteiger partial charge in [0.15, 0.2) is 0 Å². The van der Waals surface area contributed by atoms with Gasteiger partial charge in [0.25, 0.3) is 17.5 Å². The molecule has 152 valence electrons. The first kappa shape index (κ1) is 20.1.